The molecule has 1 aromatic heterocycles. The molecule has 0 saturated carbocycles. The number of rotatable bonds is 6. The van der Waals surface area contributed by atoms with Crippen LogP contribution in [0.3, 0.4) is 0 Å². The van der Waals surface area contributed by atoms with Gasteiger partial charge in [0.05, 0.1) is 17.7 Å². The zero-order valence-corrected chi connectivity index (χ0v) is 12.2. The fourth-order valence-corrected chi connectivity index (χ4v) is 2.63. The Morgan fingerprint density at radius 3 is 2.67 bits per heavy atom. The highest BCUT2D eigenvalue weighted by Crippen LogP contribution is 2.16. The molecule has 1 rings (SSSR count). The molecule has 0 aromatic carbocycles. The van der Waals surface area contributed by atoms with E-state index in [1.165, 1.54) is 29.8 Å². The molecule has 0 fully saturated rings. The second-order valence-electron chi connectivity index (χ2n) is 4.08. The van der Waals surface area contributed by atoms with Crippen molar-refractivity contribution in [2.45, 2.75) is 24.8 Å². The molecule has 5 nitrogen and oxygen atoms in total. The highest BCUT2D eigenvalue weighted by atomic mass is 35.5. The number of hydrogen-bond acceptors (Lipinski definition) is 4. The van der Waals surface area contributed by atoms with Crippen molar-refractivity contribution in [1.29, 1.82) is 0 Å². The van der Waals surface area contributed by atoms with Gasteiger partial charge >= 0.3 is 0 Å². The number of aromatic nitrogens is 1. The lowest BCUT2D eigenvalue weighted by Gasteiger charge is -2.17. The van der Waals surface area contributed by atoms with Crippen LogP contribution in [0.15, 0.2) is 23.4 Å². The van der Waals surface area contributed by atoms with E-state index in [0.29, 0.717) is 11.6 Å². The predicted octanol–water partition coefficient (Wildman–Crippen LogP) is 1.78. The maximum absolute atomic E-state index is 12.1. The van der Waals surface area contributed by atoms with E-state index in [2.05, 4.69) is 4.98 Å². The fourth-order valence-electron chi connectivity index (χ4n) is 1.25. The number of sulfonamides is 1. The Morgan fingerprint density at radius 2 is 2.11 bits per heavy atom. The van der Waals surface area contributed by atoms with Gasteiger partial charge < -0.3 is 4.74 Å². The number of nitrogens with zero attached hydrogens (tertiary/aromatic N) is 2. The van der Waals surface area contributed by atoms with Gasteiger partial charge in [-0.3, -0.25) is 4.98 Å². The van der Waals surface area contributed by atoms with Gasteiger partial charge in [-0.15, -0.1) is 0 Å². The summed E-state index contributed by atoms with van der Waals surface area (Å²) in [4.78, 5) is 3.86. The molecule has 18 heavy (non-hydrogen) atoms. The smallest absolute Gasteiger partial charge is 0.244 e. The minimum Gasteiger partial charge on any atom is -0.377 e. The van der Waals surface area contributed by atoms with Gasteiger partial charge in [-0.2, -0.15) is 4.31 Å². The quantitative estimate of drug-likeness (QED) is 0.802. The van der Waals surface area contributed by atoms with Gasteiger partial charge in [-0.05, 0) is 19.9 Å². The van der Waals surface area contributed by atoms with E-state index in [0.717, 1.165) is 0 Å². The largest absolute Gasteiger partial charge is 0.377 e. The molecule has 0 amide bonds. The van der Waals surface area contributed by atoms with Crippen LogP contribution in [0.5, 0.6) is 0 Å². The van der Waals surface area contributed by atoms with Gasteiger partial charge in [0, 0.05) is 26.0 Å². The standard InChI is InChI=1S/C11H17ClN2O3S/c1-9(2)17-5-4-14(3)18(15,16)11-6-10(12)7-13-8-11/h6-9H,4-5H2,1-3H3. The molecular weight excluding hydrogens is 276 g/mol. The van der Waals surface area contributed by atoms with Crippen LogP contribution >= 0.6 is 11.6 Å². The van der Waals surface area contributed by atoms with E-state index in [9.17, 15) is 8.42 Å². The summed E-state index contributed by atoms with van der Waals surface area (Å²) in [6.45, 7) is 4.43. The molecular formula is C11H17ClN2O3S. The lowest BCUT2D eigenvalue weighted by Crippen LogP contribution is -2.31. The monoisotopic (exact) mass is 292 g/mol. The third-order valence-electron chi connectivity index (χ3n) is 2.25. The average Bonchev–Trinajstić information content (AvgIpc) is 2.28. The van der Waals surface area contributed by atoms with Gasteiger partial charge in [0.2, 0.25) is 10.0 Å². The van der Waals surface area contributed by atoms with Crippen molar-refractivity contribution in [2.24, 2.45) is 0 Å². The Labute approximate surface area is 113 Å². The van der Waals surface area contributed by atoms with Crippen LogP contribution in [0.2, 0.25) is 5.02 Å². The average molecular weight is 293 g/mol. The van der Waals surface area contributed by atoms with Gasteiger partial charge in [0.15, 0.2) is 0 Å². The molecule has 0 aliphatic rings. The zero-order valence-electron chi connectivity index (χ0n) is 10.6. The normalized spacial score (nSPS) is 12.3. The van der Waals surface area contributed by atoms with Gasteiger partial charge in [-0.25, -0.2) is 8.42 Å². The lowest BCUT2D eigenvalue weighted by molar-refractivity contribution is 0.0737. The molecule has 7 heteroatoms. The Balaban J connectivity index is 2.74. The van der Waals surface area contributed by atoms with Crippen LogP contribution in [0.25, 0.3) is 0 Å². The Hall–Kier alpha value is -0.690. The summed E-state index contributed by atoms with van der Waals surface area (Å²) in [7, 11) is -2.05. The summed E-state index contributed by atoms with van der Waals surface area (Å²) < 4.78 is 30.8. The van der Waals surface area contributed by atoms with Crippen molar-refractivity contribution >= 4 is 21.6 Å². The Bertz CT molecular complexity index is 491. The molecule has 1 aromatic rings. The van der Waals surface area contributed by atoms with E-state index < -0.39 is 10.0 Å². The Morgan fingerprint density at radius 1 is 1.44 bits per heavy atom. The number of halogens is 1. The Kier molecular flexibility index (Phi) is 5.52. The third-order valence-corrected chi connectivity index (χ3v) is 4.27. The maximum atomic E-state index is 12.1. The van der Waals surface area contributed by atoms with E-state index in [4.69, 9.17) is 16.3 Å². The lowest BCUT2D eigenvalue weighted by atomic mass is 10.5. The highest BCUT2D eigenvalue weighted by Gasteiger charge is 2.21. The maximum Gasteiger partial charge on any atom is 0.244 e. The number of pyridine rings is 1. The summed E-state index contributed by atoms with van der Waals surface area (Å²) in [6.07, 6.45) is 2.75. The fraction of sp³-hybridized carbons (Fsp3) is 0.545. The third kappa shape index (κ3) is 4.20. The van der Waals surface area contributed by atoms with Crippen LogP contribution in [0, 0.1) is 0 Å². The topological polar surface area (TPSA) is 59.5 Å². The molecule has 0 atom stereocenters. The van der Waals surface area contributed by atoms with E-state index in [1.807, 2.05) is 13.8 Å². The molecule has 0 aliphatic carbocycles. The van der Waals surface area contributed by atoms with Gasteiger partial charge in [0.1, 0.15) is 4.90 Å². The first-order valence-corrected chi connectivity index (χ1v) is 7.34. The summed E-state index contributed by atoms with van der Waals surface area (Å²) in [5, 5.41) is 0.294. The van der Waals surface area contributed by atoms with Crippen molar-refractivity contribution in [3.05, 3.63) is 23.5 Å². The van der Waals surface area contributed by atoms with Crippen molar-refractivity contribution < 1.29 is 13.2 Å². The van der Waals surface area contributed by atoms with Crippen molar-refractivity contribution in [2.75, 3.05) is 20.2 Å². The number of hydrogen-bond donors (Lipinski definition) is 0. The molecule has 0 unspecified atom stereocenters. The van der Waals surface area contributed by atoms with E-state index >= 15 is 0 Å². The zero-order chi connectivity index (χ0) is 13.8. The van der Waals surface area contributed by atoms with Crippen LogP contribution in [-0.2, 0) is 14.8 Å². The molecule has 1 heterocycles. The minimum atomic E-state index is -3.55. The van der Waals surface area contributed by atoms with Gasteiger partial charge in [-0.1, -0.05) is 11.6 Å². The number of ether oxygens (including phenoxy) is 1. The second-order valence-corrected chi connectivity index (χ2v) is 6.57. The highest BCUT2D eigenvalue weighted by molar-refractivity contribution is 7.89. The molecule has 0 aliphatic heterocycles. The predicted molar refractivity (Wildman–Crippen MR) is 70.2 cm³/mol. The molecule has 0 spiro atoms. The minimum absolute atomic E-state index is 0.0777. The second kappa shape index (κ2) is 6.47. The summed E-state index contributed by atoms with van der Waals surface area (Å²) in [6, 6.07) is 1.38. The van der Waals surface area contributed by atoms with Crippen LogP contribution in [0.1, 0.15) is 13.8 Å². The van der Waals surface area contributed by atoms with Crippen molar-refractivity contribution in [3.63, 3.8) is 0 Å². The molecule has 0 N–H and O–H groups in total. The summed E-state index contributed by atoms with van der Waals surface area (Å²) in [5.41, 5.74) is 0. The summed E-state index contributed by atoms with van der Waals surface area (Å²) in [5.74, 6) is 0. The van der Waals surface area contributed by atoms with E-state index in [-0.39, 0.29) is 17.5 Å². The molecule has 102 valence electrons. The first-order valence-electron chi connectivity index (χ1n) is 5.52. The molecule has 0 bridgehead atoms. The SMILES string of the molecule is CC(C)OCCN(C)S(=O)(=O)c1cncc(Cl)c1. The summed E-state index contributed by atoms with van der Waals surface area (Å²) >= 11 is 5.73. The van der Waals surface area contributed by atoms with Crippen molar-refractivity contribution in [1.82, 2.24) is 9.29 Å². The van der Waals surface area contributed by atoms with Crippen molar-refractivity contribution in [3.8, 4) is 0 Å². The first kappa shape index (κ1) is 15.4. The number of likely N-dealkylation sites (N-methyl/N-ethyl adjacent to an activating group) is 1. The van der Waals surface area contributed by atoms with E-state index in [1.54, 1.807) is 0 Å². The van der Waals surface area contributed by atoms with Crippen LogP contribution < -0.4 is 0 Å². The van der Waals surface area contributed by atoms with Crippen LogP contribution in [0.4, 0.5) is 0 Å². The van der Waals surface area contributed by atoms with Crippen LogP contribution in [-0.4, -0.2) is 44.0 Å². The van der Waals surface area contributed by atoms with Gasteiger partial charge in [0.25, 0.3) is 0 Å². The molecule has 0 saturated heterocycles. The first-order chi connectivity index (χ1) is 8.34. The molecule has 0 radical (unpaired) electrons.